The van der Waals surface area contributed by atoms with Crippen LogP contribution in [0.25, 0.3) is 22.1 Å². The van der Waals surface area contributed by atoms with Gasteiger partial charge in [-0.2, -0.15) is 0 Å². The highest BCUT2D eigenvalue weighted by molar-refractivity contribution is 14.1. The zero-order chi connectivity index (χ0) is 15.0. The second kappa shape index (κ2) is 5.28. The van der Waals surface area contributed by atoms with Crippen LogP contribution in [0, 0.1) is 13.7 Å². The van der Waals surface area contributed by atoms with Crippen molar-refractivity contribution in [3.63, 3.8) is 0 Å². The van der Waals surface area contributed by atoms with Crippen LogP contribution in [0.15, 0.2) is 57.7 Å². The van der Waals surface area contributed by atoms with Gasteiger partial charge in [0.15, 0.2) is 0 Å². The van der Waals surface area contributed by atoms with Crippen molar-refractivity contribution in [3.05, 3.63) is 72.6 Å². The summed E-state index contributed by atoms with van der Waals surface area (Å²) in [4.78, 5) is 22.4. The van der Waals surface area contributed by atoms with Crippen molar-refractivity contribution in [2.24, 2.45) is 0 Å². The van der Waals surface area contributed by atoms with Crippen LogP contribution in [0.3, 0.4) is 0 Å². The van der Waals surface area contributed by atoms with E-state index in [1.165, 1.54) is 18.2 Å². The van der Waals surface area contributed by atoms with Crippen LogP contribution in [0.5, 0.6) is 0 Å². The van der Waals surface area contributed by atoms with Crippen molar-refractivity contribution >= 4 is 39.2 Å². The number of nitro benzene ring substituents is 1. The van der Waals surface area contributed by atoms with Gasteiger partial charge in [-0.25, -0.2) is 4.79 Å². The molecule has 0 saturated carbocycles. The second-order valence-electron chi connectivity index (χ2n) is 4.43. The molecular weight excluding hydrogens is 385 g/mol. The van der Waals surface area contributed by atoms with Gasteiger partial charge in [0.2, 0.25) is 0 Å². The highest BCUT2D eigenvalue weighted by atomic mass is 127. The molecule has 1 aromatic heterocycles. The first kappa shape index (κ1) is 13.7. The van der Waals surface area contributed by atoms with Gasteiger partial charge in [0.1, 0.15) is 5.58 Å². The quantitative estimate of drug-likeness (QED) is 0.286. The number of non-ortho nitro benzene ring substituents is 1. The van der Waals surface area contributed by atoms with E-state index >= 15 is 0 Å². The van der Waals surface area contributed by atoms with E-state index in [1.807, 2.05) is 24.3 Å². The minimum atomic E-state index is -0.477. The summed E-state index contributed by atoms with van der Waals surface area (Å²) in [6.45, 7) is 0. The van der Waals surface area contributed by atoms with Gasteiger partial charge in [-0.05, 0) is 52.4 Å². The summed E-state index contributed by atoms with van der Waals surface area (Å²) in [5, 5.41) is 11.3. The van der Waals surface area contributed by atoms with E-state index in [1.54, 1.807) is 6.07 Å². The van der Waals surface area contributed by atoms with E-state index in [0.717, 1.165) is 9.13 Å². The maximum Gasteiger partial charge on any atom is 0.344 e. The first-order chi connectivity index (χ1) is 10.0. The lowest BCUT2D eigenvalue weighted by Crippen LogP contribution is -2.02. The fraction of sp³-hybridized carbons (Fsp3) is 0. The summed E-state index contributed by atoms with van der Waals surface area (Å²) in [6, 6.07) is 13.2. The number of hydrogen-bond acceptors (Lipinski definition) is 4. The number of benzene rings is 2. The lowest BCUT2D eigenvalue weighted by molar-refractivity contribution is -0.384. The third-order valence-corrected chi connectivity index (χ3v) is 3.80. The molecule has 0 atom stereocenters. The molecule has 0 N–H and O–H groups in total. The van der Waals surface area contributed by atoms with Crippen LogP contribution in [0.2, 0.25) is 0 Å². The Morgan fingerprint density at radius 1 is 1.05 bits per heavy atom. The summed E-state index contributed by atoms with van der Waals surface area (Å²) in [5.41, 5.74) is 0.944. The van der Waals surface area contributed by atoms with Crippen molar-refractivity contribution in [2.45, 2.75) is 0 Å². The maximum absolute atomic E-state index is 12.0. The van der Waals surface area contributed by atoms with Crippen molar-refractivity contribution in [3.8, 4) is 11.1 Å². The molecule has 0 spiro atoms. The molecule has 6 heteroatoms. The third-order valence-electron chi connectivity index (χ3n) is 3.08. The molecule has 2 aromatic carbocycles. The molecule has 0 saturated heterocycles. The fourth-order valence-electron chi connectivity index (χ4n) is 2.06. The van der Waals surface area contributed by atoms with Crippen LogP contribution in [0.1, 0.15) is 0 Å². The maximum atomic E-state index is 12.0. The van der Waals surface area contributed by atoms with Crippen LogP contribution in [-0.2, 0) is 0 Å². The molecule has 0 bridgehead atoms. The minimum absolute atomic E-state index is 0.0371. The van der Waals surface area contributed by atoms with E-state index in [4.69, 9.17) is 4.42 Å². The Morgan fingerprint density at radius 2 is 1.76 bits per heavy atom. The molecule has 0 amide bonds. The zero-order valence-electron chi connectivity index (χ0n) is 10.6. The van der Waals surface area contributed by atoms with Gasteiger partial charge in [-0.1, -0.05) is 12.1 Å². The summed E-state index contributed by atoms with van der Waals surface area (Å²) >= 11 is 2.17. The van der Waals surface area contributed by atoms with Crippen LogP contribution in [-0.4, -0.2) is 4.92 Å². The van der Waals surface area contributed by atoms with Crippen molar-refractivity contribution in [1.82, 2.24) is 0 Å². The summed E-state index contributed by atoms with van der Waals surface area (Å²) in [6.07, 6.45) is 0. The van der Waals surface area contributed by atoms with E-state index < -0.39 is 10.5 Å². The lowest BCUT2D eigenvalue weighted by Gasteiger charge is -2.03. The van der Waals surface area contributed by atoms with Crippen LogP contribution in [0.4, 0.5) is 5.69 Å². The SMILES string of the molecule is O=c1oc2ccc([N+](=O)[O-])cc2cc1-c1ccc(I)cc1. The molecule has 0 fully saturated rings. The first-order valence-corrected chi connectivity index (χ1v) is 7.11. The zero-order valence-corrected chi connectivity index (χ0v) is 12.7. The van der Waals surface area contributed by atoms with Crippen molar-refractivity contribution < 1.29 is 9.34 Å². The fourth-order valence-corrected chi connectivity index (χ4v) is 2.41. The summed E-state index contributed by atoms with van der Waals surface area (Å²) in [5.74, 6) is 0. The molecule has 1 heterocycles. The van der Waals surface area contributed by atoms with Gasteiger partial charge in [0.05, 0.1) is 10.5 Å². The smallest absolute Gasteiger partial charge is 0.344 e. The Bertz CT molecular complexity index is 900. The minimum Gasteiger partial charge on any atom is -0.422 e. The van der Waals surface area contributed by atoms with Crippen LogP contribution < -0.4 is 5.63 Å². The topological polar surface area (TPSA) is 73.3 Å². The molecule has 0 radical (unpaired) electrons. The number of nitro groups is 1. The van der Waals surface area contributed by atoms with E-state index in [9.17, 15) is 14.9 Å². The number of rotatable bonds is 2. The Labute approximate surface area is 132 Å². The van der Waals surface area contributed by atoms with Gasteiger partial charge in [-0.3, -0.25) is 10.1 Å². The number of nitrogens with zero attached hydrogens (tertiary/aromatic N) is 1. The molecule has 0 aliphatic rings. The monoisotopic (exact) mass is 393 g/mol. The van der Waals surface area contributed by atoms with Gasteiger partial charge < -0.3 is 4.42 Å². The first-order valence-electron chi connectivity index (χ1n) is 6.03. The summed E-state index contributed by atoms with van der Waals surface area (Å²) in [7, 11) is 0. The van der Waals surface area contributed by atoms with E-state index in [0.29, 0.717) is 16.5 Å². The molecular formula is C15H8INO4. The number of fused-ring (bicyclic) bond motifs is 1. The van der Waals surface area contributed by atoms with Gasteiger partial charge in [0, 0.05) is 21.1 Å². The lowest BCUT2D eigenvalue weighted by atomic mass is 10.1. The molecule has 3 rings (SSSR count). The standard InChI is InChI=1S/C15H8INO4/c16-11-3-1-9(2-4-11)13-8-10-7-12(17(19)20)5-6-14(10)21-15(13)18/h1-8H. The average Bonchev–Trinajstić information content (AvgIpc) is 2.47. The third kappa shape index (κ3) is 2.66. The van der Waals surface area contributed by atoms with Gasteiger partial charge in [-0.15, -0.1) is 0 Å². The Hall–Kier alpha value is -2.22. The van der Waals surface area contributed by atoms with Crippen molar-refractivity contribution in [2.75, 3.05) is 0 Å². The molecule has 0 aliphatic heterocycles. The second-order valence-corrected chi connectivity index (χ2v) is 5.68. The van der Waals surface area contributed by atoms with E-state index in [-0.39, 0.29) is 5.69 Å². The van der Waals surface area contributed by atoms with E-state index in [2.05, 4.69) is 22.6 Å². The predicted molar refractivity (Wildman–Crippen MR) is 87.3 cm³/mol. The Kier molecular flexibility index (Phi) is 3.46. The van der Waals surface area contributed by atoms with Gasteiger partial charge in [0.25, 0.3) is 5.69 Å². The van der Waals surface area contributed by atoms with Gasteiger partial charge >= 0.3 is 5.63 Å². The molecule has 5 nitrogen and oxygen atoms in total. The molecule has 0 unspecified atom stereocenters. The summed E-state index contributed by atoms with van der Waals surface area (Å²) < 4.78 is 6.29. The highest BCUT2D eigenvalue weighted by Gasteiger charge is 2.11. The molecule has 0 aliphatic carbocycles. The normalized spacial score (nSPS) is 10.7. The number of hydrogen-bond donors (Lipinski definition) is 0. The largest absolute Gasteiger partial charge is 0.422 e. The number of halogens is 1. The average molecular weight is 393 g/mol. The molecule has 104 valence electrons. The Balaban J connectivity index is 2.23. The predicted octanol–water partition coefficient (Wildman–Crippen LogP) is 3.97. The molecule has 21 heavy (non-hydrogen) atoms. The van der Waals surface area contributed by atoms with Crippen LogP contribution >= 0.6 is 22.6 Å². The van der Waals surface area contributed by atoms with Crippen molar-refractivity contribution in [1.29, 1.82) is 0 Å². The molecule has 3 aromatic rings. The Morgan fingerprint density at radius 3 is 2.43 bits per heavy atom. The highest BCUT2D eigenvalue weighted by Crippen LogP contribution is 2.24.